The molecule has 0 unspecified atom stereocenters. The summed E-state index contributed by atoms with van der Waals surface area (Å²) in [6.07, 6.45) is 7.18. The number of para-hydroxylation sites is 1. The lowest BCUT2D eigenvalue weighted by Crippen LogP contribution is -2.57. The van der Waals surface area contributed by atoms with Gasteiger partial charge in [0.2, 0.25) is 0 Å². The fraction of sp³-hybridized carbons (Fsp3) is 0.375. The van der Waals surface area contributed by atoms with Gasteiger partial charge in [0.15, 0.2) is 0 Å². The van der Waals surface area contributed by atoms with Crippen molar-refractivity contribution in [2.24, 2.45) is 4.99 Å². The Labute approximate surface area is 229 Å². The number of piperidine rings is 1. The van der Waals surface area contributed by atoms with Gasteiger partial charge in [0.1, 0.15) is 28.7 Å². The zero-order valence-electron chi connectivity index (χ0n) is 22.2. The number of halogens is 1. The molecular formula is C32H35FN4O2. The van der Waals surface area contributed by atoms with Crippen LogP contribution in [0.3, 0.4) is 0 Å². The van der Waals surface area contributed by atoms with E-state index >= 15 is 0 Å². The third-order valence-electron chi connectivity index (χ3n) is 8.22. The Kier molecular flexibility index (Phi) is 7.33. The van der Waals surface area contributed by atoms with Gasteiger partial charge < -0.3 is 4.74 Å². The van der Waals surface area contributed by atoms with Gasteiger partial charge in [0, 0.05) is 25.3 Å². The van der Waals surface area contributed by atoms with Crippen molar-refractivity contribution in [2.45, 2.75) is 63.1 Å². The molecule has 2 saturated heterocycles. The SMILES string of the molecule is O=C1NC(=NC2CCCCC2)C2(CCN(Cc3cccc(Oc4ccccc4)c3)CC2)N1c1cccc(F)c1. The van der Waals surface area contributed by atoms with Crippen molar-refractivity contribution < 1.29 is 13.9 Å². The summed E-state index contributed by atoms with van der Waals surface area (Å²) in [6, 6.07) is 24.4. The Morgan fingerprint density at radius 2 is 1.64 bits per heavy atom. The van der Waals surface area contributed by atoms with Crippen molar-refractivity contribution in [3.05, 3.63) is 90.2 Å². The van der Waals surface area contributed by atoms with Crippen LogP contribution in [0.4, 0.5) is 14.9 Å². The Bertz CT molecular complexity index is 1330. The van der Waals surface area contributed by atoms with Crippen LogP contribution in [-0.2, 0) is 6.54 Å². The van der Waals surface area contributed by atoms with Gasteiger partial charge >= 0.3 is 6.03 Å². The summed E-state index contributed by atoms with van der Waals surface area (Å²) in [4.78, 5) is 22.7. The number of nitrogens with zero attached hydrogens (tertiary/aromatic N) is 3. The highest BCUT2D eigenvalue weighted by Crippen LogP contribution is 2.39. The molecule has 1 spiro atoms. The predicted molar refractivity (Wildman–Crippen MR) is 152 cm³/mol. The van der Waals surface area contributed by atoms with E-state index in [0.717, 1.165) is 62.7 Å². The minimum atomic E-state index is -0.586. The number of ether oxygens (including phenoxy) is 1. The predicted octanol–water partition coefficient (Wildman–Crippen LogP) is 6.91. The van der Waals surface area contributed by atoms with Gasteiger partial charge in [-0.05, 0) is 73.7 Å². The summed E-state index contributed by atoms with van der Waals surface area (Å²) in [5, 5.41) is 3.10. The molecule has 0 bridgehead atoms. The van der Waals surface area contributed by atoms with Crippen LogP contribution < -0.4 is 15.0 Å². The number of hydrogen-bond donors (Lipinski definition) is 1. The normalized spacial score (nSPS) is 20.9. The van der Waals surface area contributed by atoms with Crippen molar-refractivity contribution in [3.8, 4) is 11.5 Å². The molecule has 0 atom stereocenters. The molecule has 1 N–H and O–H groups in total. The molecule has 2 amide bonds. The number of carbonyl (C=O) groups is 1. The maximum Gasteiger partial charge on any atom is 0.328 e. The Morgan fingerprint density at radius 1 is 0.897 bits per heavy atom. The first kappa shape index (κ1) is 25.6. The van der Waals surface area contributed by atoms with Gasteiger partial charge in [0.05, 0.1) is 6.04 Å². The first-order chi connectivity index (χ1) is 19.1. The van der Waals surface area contributed by atoms with Gasteiger partial charge in [-0.1, -0.05) is 55.7 Å². The minimum absolute atomic E-state index is 0.214. The molecule has 0 radical (unpaired) electrons. The van der Waals surface area contributed by atoms with Crippen molar-refractivity contribution in [1.29, 1.82) is 0 Å². The van der Waals surface area contributed by atoms with Crippen LogP contribution in [-0.4, -0.2) is 41.4 Å². The fourth-order valence-corrected chi connectivity index (χ4v) is 6.23. The molecule has 7 heteroatoms. The van der Waals surface area contributed by atoms with E-state index < -0.39 is 5.54 Å². The molecule has 3 aromatic carbocycles. The molecule has 2 aliphatic heterocycles. The van der Waals surface area contributed by atoms with E-state index in [1.54, 1.807) is 11.0 Å². The van der Waals surface area contributed by atoms with Crippen molar-refractivity contribution in [1.82, 2.24) is 10.2 Å². The van der Waals surface area contributed by atoms with E-state index in [1.807, 2.05) is 48.5 Å². The largest absolute Gasteiger partial charge is 0.457 e. The van der Waals surface area contributed by atoms with Crippen LogP contribution in [0.5, 0.6) is 11.5 Å². The number of rotatable bonds is 6. The molecule has 0 aromatic heterocycles. The lowest BCUT2D eigenvalue weighted by atomic mass is 9.84. The highest BCUT2D eigenvalue weighted by molar-refractivity contribution is 6.19. The van der Waals surface area contributed by atoms with Crippen LogP contribution in [0, 0.1) is 5.82 Å². The maximum absolute atomic E-state index is 14.2. The number of amides is 2. The average molecular weight is 527 g/mol. The van der Waals surface area contributed by atoms with E-state index in [4.69, 9.17) is 9.73 Å². The van der Waals surface area contributed by atoms with Crippen LogP contribution in [0.2, 0.25) is 0 Å². The molecule has 6 nitrogen and oxygen atoms in total. The summed E-state index contributed by atoms with van der Waals surface area (Å²) < 4.78 is 20.3. The van der Waals surface area contributed by atoms with E-state index in [-0.39, 0.29) is 17.9 Å². The summed E-state index contributed by atoms with van der Waals surface area (Å²) >= 11 is 0. The third kappa shape index (κ3) is 5.55. The van der Waals surface area contributed by atoms with Crippen LogP contribution in [0.1, 0.15) is 50.5 Å². The standard InChI is InChI=1S/C32H35FN4O2/c33-25-10-8-13-27(22-25)37-31(38)35-30(34-26-11-3-1-4-12-26)32(37)17-19-36(20-18-32)23-24-9-7-16-29(21-24)39-28-14-5-2-6-15-28/h2,5-10,13-16,21-22,26H,1,3-4,11-12,17-20,23H2,(H,34,35,38). The highest BCUT2D eigenvalue weighted by atomic mass is 19.1. The molecular weight excluding hydrogens is 491 g/mol. The van der Waals surface area contributed by atoms with Crippen molar-refractivity contribution in [2.75, 3.05) is 18.0 Å². The molecule has 3 fully saturated rings. The second-order valence-electron chi connectivity index (χ2n) is 10.9. The quantitative estimate of drug-likeness (QED) is 0.380. The topological polar surface area (TPSA) is 57.2 Å². The fourth-order valence-electron chi connectivity index (χ4n) is 6.23. The van der Waals surface area contributed by atoms with Gasteiger partial charge in [-0.15, -0.1) is 0 Å². The average Bonchev–Trinajstić information content (AvgIpc) is 3.21. The number of carbonyl (C=O) groups excluding carboxylic acids is 1. The lowest BCUT2D eigenvalue weighted by Gasteiger charge is -2.44. The molecule has 1 aliphatic carbocycles. The smallest absolute Gasteiger partial charge is 0.328 e. The Morgan fingerprint density at radius 3 is 2.41 bits per heavy atom. The van der Waals surface area contributed by atoms with Gasteiger partial charge in [0.25, 0.3) is 0 Å². The summed E-state index contributed by atoms with van der Waals surface area (Å²) in [6.45, 7) is 2.39. The number of urea groups is 1. The Balaban J connectivity index is 1.21. The number of amidine groups is 1. The van der Waals surface area contributed by atoms with Crippen LogP contribution >= 0.6 is 0 Å². The molecule has 3 aliphatic rings. The van der Waals surface area contributed by atoms with E-state index in [1.165, 1.54) is 37.0 Å². The number of aliphatic imine (C=N–C) groups is 1. The Hall–Kier alpha value is -3.71. The second kappa shape index (κ2) is 11.2. The first-order valence-corrected chi connectivity index (χ1v) is 14.1. The zero-order chi connectivity index (χ0) is 26.7. The van der Waals surface area contributed by atoms with Crippen molar-refractivity contribution in [3.63, 3.8) is 0 Å². The zero-order valence-corrected chi connectivity index (χ0v) is 22.2. The molecule has 39 heavy (non-hydrogen) atoms. The molecule has 1 saturated carbocycles. The van der Waals surface area contributed by atoms with Gasteiger partial charge in [-0.25, -0.2) is 9.18 Å². The lowest BCUT2D eigenvalue weighted by molar-refractivity contribution is 0.184. The van der Waals surface area contributed by atoms with Crippen LogP contribution in [0.25, 0.3) is 0 Å². The summed E-state index contributed by atoms with van der Waals surface area (Å²) in [5.74, 6) is 2.05. The molecule has 2 heterocycles. The van der Waals surface area contributed by atoms with Crippen molar-refractivity contribution >= 4 is 17.6 Å². The van der Waals surface area contributed by atoms with Crippen LogP contribution in [0.15, 0.2) is 83.9 Å². The second-order valence-corrected chi connectivity index (χ2v) is 10.9. The molecule has 6 rings (SSSR count). The van der Waals surface area contributed by atoms with Gasteiger partial charge in [-0.2, -0.15) is 0 Å². The minimum Gasteiger partial charge on any atom is -0.457 e. The number of benzene rings is 3. The monoisotopic (exact) mass is 526 g/mol. The first-order valence-electron chi connectivity index (χ1n) is 14.1. The number of hydrogen-bond acceptors (Lipinski definition) is 4. The summed E-state index contributed by atoms with van der Waals surface area (Å²) in [7, 11) is 0. The van der Waals surface area contributed by atoms with Gasteiger partial charge in [-0.3, -0.25) is 20.1 Å². The maximum atomic E-state index is 14.2. The number of nitrogens with one attached hydrogen (secondary N) is 1. The highest BCUT2D eigenvalue weighted by Gasteiger charge is 2.53. The van der Waals surface area contributed by atoms with E-state index in [9.17, 15) is 9.18 Å². The number of anilines is 1. The molecule has 202 valence electrons. The molecule has 3 aromatic rings. The summed E-state index contributed by atoms with van der Waals surface area (Å²) in [5.41, 5.74) is 1.18. The van der Waals surface area contributed by atoms with E-state index in [0.29, 0.717) is 5.69 Å². The number of likely N-dealkylation sites (tertiary alicyclic amines) is 1. The third-order valence-corrected chi connectivity index (χ3v) is 8.22. The van der Waals surface area contributed by atoms with E-state index in [2.05, 4.69) is 22.3 Å².